The summed E-state index contributed by atoms with van der Waals surface area (Å²) in [4.78, 5) is 20.6. The smallest absolute Gasteiger partial charge is 0.281 e. The first-order chi connectivity index (χ1) is 10.6. The number of nitrogens with zero attached hydrogens (tertiary/aromatic N) is 2. The molecule has 0 N–H and O–H groups in total. The van der Waals surface area contributed by atoms with Gasteiger partial charge >= 0.3 is 0 Å². The Morgan fingerprint density at radius 2 is 1.91 bits per heavy atom. The zero-order valence-corrected chi connectivity index (χ0v) is 11.6. The maximum Gasteiger partial charge on any atom is 0.281 e. The molecule has 22 heavy (non-hydrogen) atoms. The molecule has 3 aliphatic rings. The van der Waals surface area contributed by atoms with Crippen molar-refractivity contribution >= 4 is 11.4 Å². The van der Waals surface area contributed by atoms with Gasteiger partial charge in [-0.2, -0.15) is 0 Å². The first-order valence-electron chi connectivity index (χ1n) is 7.28. The van der Waals surface area contributed by atoms with Gasteiger partial charge in [0.2, 0.25) is 0 Å². The van der Waals surface area contributed by atoms with Crippen molar-refractivity contribution < 1.29 is 14.6 Å². The zero-order valence-electron chi connectivity index (χ0n) is 11.6. The van der Waals surface area contributed by atoms with Crippen LogP contribution in [0.2, 0.25) is 0 Å². The van der Waals surface area contributed by atoms with Crippen molar-refractivity contribution in [1.29, 1.82) is 0 Å². The summed E-state index contributed by atoms with van der Waals surface area (Å²) in [6.45, 7) is 0.128. The molecule has 7 nitrogen and oxygen atoms in total. The predicted molar refractivity (Wildman–Crippen MR) is 76.0 cm³/mol. The molecule has 0 unspecified atom stereocenters. The number of non-ortho nitro benzene ring substituents is 1. The van der Waals surface area contributed by atoms with Gasteiger partial charge in [0.05, 0.1) is 34.2 Å². The third kappa shape index (κ3) is 1.78. The predicted octanol–water partition coefficient (Wildman–Crippen LogP) is 2.84. The van der Waals surface area contributed by atoms with Crippen LogP contribution in [-0.2, 0) is 11.3 Å². The Labute approximate surface area is 125 Å². The first kappa shape index (κ1) is 13.4. The molecule has 114 valence electrons. The summed E-state index contributed by atoms with van der Waals surface area (Å²) < 4.78 is 5.83. The van der Waals surface area contributed by atoms with E-state index >= 15 is 0 Å². The Morgan fingerprint density at radius 1 is 1.14 bits per heavy atom. The molecular formula is C15H14N2O5. The van der Waals surface area contributed by atoms with E-state index in [1.165, 1.54) is 12.1 Å². The number of rotatable bonds is 5. The number of benzene rings is 1. The fraction of sp³-hybridized carbons (Fsp3) is 0.467. The molecule has 5 atom stereocenters. The molecule has 2 fully saturated rings. The minimum absolute atomic E-state index is 0.128. The molecule has 0 aromatic heterocycles. The van der Waals surface area contributed by atoms with Crippen LogP contribution in [0.5, 0.6) is 0 Å². The van der Waals surface area contributed by atoms with Crippen LogP contribution in [-0.4, -0.2) is 16.0 Å². The number of nitro groups is 2. The summed E-state index contributed by atoms with van der Waals surface area (Å²) in [5.41, 5.74) is -0.139. The molecule has 2 saturated carbocycles. The summed E-state index contributed by atoms with van der Waals surface area (Å²) >= 11 is 0. The van der Waals surface area contributed by atoms with Gasteiger partial charge in [0, 0.05) is 6.07 Å². The van der Waals surface area contributed by atoms with E-state index in [4.69, 9.17) is 4.74 Å². The van der Waals surface area contributed by atoms with Gasteiger partial charge in [-0.15, -0.1) is 0 Å². The topological polar surface area (TPSA) is 95.5 Å². The maximum atomic E-state index is 11.1. The van der Waals surface area contributed by atoms with Crippen LogP contribution in [0.3, 0.4) is 0 Å². The molecule has 4 rings (SSSR count). The van der Waals surface area contributed by atoms with Crippen LogP contribution in [0.1, 0.15) is 12.0 Å². The van der Waals surface area contributed by atoms with Crippen LogP contribution in [0, 0.1) is 43.9 Å². The van der Waals surface area contributed by atoms with Gasteiger partial charge < -0.3 is 4.74 Å². The highest BCUT2D eigenvalue weighted by Crippen LogP contribution is 2.64. The number of allylic oxidation sites excluding steroid dienone is 2. The fourth-order valence-corrected chi connectivity index (χ4v) is 3.98. The lowest BCUT2D eigenvalue weighted by Crippen LogP contribution is -2.63. The molecule has 3 aliphatic carbocycles. The van der Waals surface area contributed by atoms with Crippen LogP contribution in [0.15, 0.2) is 30.4 Å². The van der Waals surface area contributed by atoms with Crippen LogP contribution in [0.4, 0.5) is 11.4 Å². The standard InChI is InChI=1S/C15H14N2O5/c18-16(19)9-2-1-8(13(5-9)17(20)21)7-22-14-6-12-10-3-4-11(10)15(12)14/h1-5,10-12,14-15H,6-7H2/t10-,11+,12-,14-,15+/m1/s1. The highest BCUT2D eigenvalue weighted by atomic mass is 16.6. The zero-order chi connectivity index (χ0) is 15.4. The molecule has 0 radical (unpaired) electrons. The van der Waals surface area contributed by atoms with Crippen LogP contribution >= 0.6 is 0 Å². The van der Waals surface area contributed by atoms with Crippen molar-refractivity contribution in [3.63, 3.8) is 0 Å². The summed E-state index contributed by atoms with van der Waals surface area (Å²) in [7, 11) is 0. The van der Waals surface area contributed by atoms with Crippen LogP contribution in [0.25, 0.3) is 0 Å². The fourth-order valence-electron chi connectivity index (χ4n) is 3.98. The van der Waals surface area contributed by atoms with Gasteiger partial charge in [-0.05, 0) is 36.2 Å². The Morgan fingerprint density at radius 3 is 2.50 bits per heavy atom. The van der Waals surface area contributed by atoms with E-state index in [2.05, 4.69) is 12.2 Å². The van der Waals surface area contributed by atoms with E-state index in [0.717, 1.165) is 24.3 Å². The maximum absolute atomic E-state index is 11.1. The van der Waals surface area contributed by atoms with Gasteiger partial charge in [0.1, 0.15) is 0 Å². The van der Waals surface area contributed by atoms with E-state index < -0.39 is 9.85 Å². The highest BCUT2D eigenvalue weighted by Gasteiger charge is 2.62. The SMILES string of the molecule is O=[N+]([O-])c1ccc(CO[C@@H]2C[C@@H]3[C@@H]4C=C[C@@H]4[C@@H]32)c([N+](=O)[O-])c1. The van der Waals surface area contributed by atoms with Gasteiger partial charge in [0.25, 0.3) is 11.4 Å². The largest absolute Gasteiger partial charge is 0.373 e. The molecule has 0 aliphatic heterocycles. The van der Waals surface area contributed by atoms with E-state index in [1.54, 1.807) is 0 Å². The third-order valence-corrected chi connectivity index (χ3v) is 5.30. The van der Waals surface area contributed by atoms with Gasteiger partial charge in [-0.25, -0.2) is 0 Å². The molecule has 0 bridgehead atoms. The monoisotopic (exact) mass is 302 g/mol. The second-order valence-corrected chi connectivity index (χ2v) is 6.19. The van der Waals surface area contributed by atoms with Gasteiger partial charge in [-0.3, -0.25) is 20.2 Å². The molecular weight excluding hydrogens is 288 g/mol. The Kier molecular flexibility index (Phi) is 2.80. The van der Waals surface area contributed by atoms with E-state index in [1.807, 2.05) is 0 Å². The minimum Gasteiger partial charge on any atom is -0.373 e. The summed E-state index contributed by atoms with van der Waals surface area (Å²) in [5, 5.41) is 21.8. The molecule has 0 saturated heterocycles. The van der Waals surface area contributed by atoms with Gasteiger partial charge in [0.15, 0.2) is 0 Å². The Balaban J connectivity index is 1.45. The number of nitro benzene ring substituents is 2. The van der Waals surface area contributed by atoms with E-state index in [-0.39, 0.29) is 24.1 Å². The lowest BCUT2D eigenvalue weighted by atomic mass is 9.42. The van der Waals surface area contributed by atoms with Crippen molar-refractivity contribution in [3.05, 3.63) is 56.1 Å². The van der Waals surface area contributed by atoms with Gasteiger partial charge in [-0.1, -0.05) is 12.2 Å². The summed E-state index contributed by atoms with van der Waals surface area (Å²) in [6.07, 6.45) is 5.64. The quantitative estimate of drug-likeness (QED) is 0.473. The van der Waals surface area contributed by atoms with E-state index in [9.17, 15) is 20.2 Å². The number of ether oxygens (including phenoxy) is 1. The second kappa shape index (κ2) is 4.61. The minimum atomic E-state index is -0.633. The first-order valence-corrected chi connectivity index (χ1v) is 7.28. The molecule has 0 amide bonds. The summed E-state index contributed by atoms with van der Waals surface area (Å²) in [5.74, 6) is 2.66. The van der Waals surface area contributed by atoms with Crippen molar-refractivity contribution in [2.75, 3.05) is 0 Å². The average molecular weight is 302 g/mol. The van der Waals surface area contributed by atoms with Crippen LogP contribution < -0.4 is 0 Å². The number of hydrogen-bond donors (Lipinski definition) is 0. The normalized spacial score (nSPS) is 33.7. The summed E-state index contributed by atoms with van der Waals surface area (Å²) in [6, 6.07) is 3.69. The molecule has 0 heterocycles. The molecule has 0 spiro atoms. The lowest BCUT2D eigenvalue weighted by Gasteiger charge is -2.65. The van der Waals surface area contributed by atoms with Crippen molar-refractivity contribution in [1.82, 2.24) is 0 Å². The number of fused-ring (bicyclic) bond motifs is 4. The second-order valence-electron chi connectivity index (χ2n) is 6.19. The van der Waals surface area contributed by atoms with Crippen molar-refractivity contribution in [2.24, 2.45) is 23.7 Å². The Hall–Kier alpha value is -2.28. The van der Waals surface area contributed by atoms with Crippen molar-refractivity contribution in [3.8, 4) is 0 Å². The Bertz CT molecular complexity index is 701. The number of hydrogen-bond acceptors (Lipinski definition) is 5. The molecule has 1 aromatic carbocycles. The average Bonchev–Trinajstić information content (AvgIpc) is 2.46. The lowest BCUT2D eigenvalue weighted by molar-refractivity contribution is -0.394. The molecule has 1 aromatic rings. The molecule has 7 heteroatoms. The van der Waals surface area contributed by atoms with E-state index in [0.29, 0.717) is 17.4 Å². The van der Waals surface area contributed by atoms with Crippen molar-refractivity contribution in [2.45, 2.75) is 19.1 Å². The highest BCUT2D eigenvalue weighted by molar-refractivity contribution is 5.48. The third-order valence-electron chi connectivity index (χ3n) is 5.30.